The highest BCUT2D eigenvalue weighted by molar-refractivity contribution is 7.99. The second-order valence-electron chi connectivity index (χ2n) is 4.03. The van der Waals surface area contributed by atoms with Crippen LogP contribution >= 0.6 is 11.8 Å². The summed E-state index contributed by atoms with van der Waals surface area (Å²) in [5.74, 6) is -2.73. The van der Waals surface area contributed by atoms with Crippen molar-refractivity contribution in [1.29, 1.82) is 0 Å². The summed E-state index contributed by atoms with van der Waals surface area (Å²) < 4.78 is 62.2. The predicted octanol–water partition coefficient (Wildman–Crippen LogP) is 2.56. The smallest absolute Gasteiger partial charge is 0.398 e. The lowest BCUT2D eigenvalue weighted by Crippen LogP contribution is -2.32. The lowest BCUT2D eigenvalue weighted by Gasteiger charge is -2.14. The number of alkyl halides is 3. The van der Waals surface area contributed by atoms with Crippen LogP contribution in [-0.4, -0.2) is 36.7 Å². The van der Waals surface area contributed by atoms with Gasteiger partial charge in [0.2, 0.25) is 10.0 Å². The lowest BCUT2D eigenvalue weighted by atomic mass is 10.3. The standard InChI is InChI=1S/C11H12F3NO4S2/c1-7(10(16)17)21(18,19)15-8-4-2-3-5-9(8)20-6-11(12,13)14/h2-5,7,15H,6H2,1H3,(H,16,17). The fourth-order valence-electron chi connectivity index (χ4n) is 1.21. The maximum Gasteiger partial charge on any atom is 0.398 e. The molecule has 1 aromatic carbocycles. The summed E-state index contributed by atoms with van der Waals surface area (Å²) in [6.07, 6.45) is -4.40. The first-order chi connectivity index (χ1) is 9.53. The number of aliphatic carboxylic acids is 1. The number of carboxylic acids is 1. The van der Waals surface area contributed by atoms with Gasteiger partial charge in [-0.2, -0.15) is 13.2 Å². The highest BCUT2D eigenvalue weighted by Gasteiger charge is 2.30. The molecule has 0 aliphatic heterocycles. The molecule has 10 heteroatoms. The van der Waals surface area contributed by atoms with Crippen LogP contribution in [0, 0.1) is 0 Å². The molecule has 0 spiro atoms. The van der Waals surface area contributed by atoms with E-state index in [0.717, 1.165) is 6.92 Å². The predicted molar refractivity (Wildman–Crippen MR) is 72.9 cm³/mol. The molecule has 5 nitrogen and oxygen atoms in total. The summed E-state index contributed by atoms with van der Waals surface area (Å²) in [4.78, 5) is 10.8. The van der Waals surface area contributed by atoms with E-state index in [1.807, 2.05) is 4.72 Å². The number of nitrogens with one attached hydrogen (secondary N) is 1. The Balaban J connectivity index is 2.97. The molecule has 0 saturated heterocycles. The van der Waals surface area contributed by atoms with Crippen LogP contribution < -0.4 is 4.72 Å². The fourth-order valence-corrected chi connectivity index (χ4v) is 2.97. The Bertz CT molecular complexity index is 616. The zero-order valence-electron chi connectivity index (χ0n) is 10.7. The van der Waals surface area contributed by atoms with Crippen molar-refractivity contribution in [3.05, 3.63) is 24.3 Å². The number of para-hydroxylation sites is 1. The van der Waals surface area contributed by atoms with Crippen molar-refractivity contribution in [1.82, 2.24) is 0 Å². The Kier molecular flexibility index (Phi) is 5.51. The largest absolute Gasteiger partial charge is 0.480 e. The number of benzene rings is 1. The third-order valence-corrected chi connectivity index (χ3v) is 5.12. The molecule has 118 valence electrons. The Labute approximate surface area is 123 Å². The molecule has 0 bridgehead atoms. The van der Waals surface area contributed by atoms with E-state index in [9.17, 15) is 26.4 Å². The van der Waals surface area contributed by atoms with Crippen LogP contribution in [0.2, 0.25) is 0 Å². The normalized spacial score (nSPS) is 13.7. The first-order valence-corrected chi connectivity index (χ1v) is 8.09. The minimum absolute atomic E-state index is 0.0657. The van der Waals surface area contributed by atoms with Crippen LogP contribution in [0.3, 0.4) is 0 Å². The molecule has 1 rings (SSSR count). The number of thioether (sulfide) groups is 1. The average molecular weight is 343 g/mol. The van der Waals surface area contributed by atoms with E-state index < -0.39 is 33.2 Å². The minimum atomic E-state index is -4.40. The van der Waals surface area contributed by atoms with Gasteiger partial charge in [0.15, 0.2) is 5.25 Å². The topological polar surface area (TPSA) is 83.5 Å². The number of carboxylic acid groups (broad SMARTS) is 1. The SMILES string of the molecule is CC(C(=O)O)S(=O)(=O)Nc1ccccc1SCC(F)(F)F. The van der Waals surface area contributed by atoms with Gasteiger partial charge in [-0.15, -0.1) is 11.8 Å². The zero-order valence-corrected chi connectivity index (χ0v) is 12.3. The molecule has 0 aliphatic rings. The van der Waals surface area contributed by atoms with E-state index in [4.69, 9.17) is 5.11 Å². The molecule has 1 unspecified atom stereocenters. The molecule has 0 fully saturated rings. The van der Waals surface area contributed by atoms with E-state index >= 15 is 0 Å². The van der Waals surface area contributed by atoms with Crippen LogP contribution in [0.1, 0.15) is 6.92 Å². The summed E-state index contributed by atoms with van der Waals surface area (Å²) in [5.41, 5.74) is -0.0835. The molecule has 0 aromatic heterocycles. The van der Waals surface area contributed by atoms with E-state index in [0.29, 0.717) is 11.8 Å². The van der Waals surface area contributed by atoms with Crippen LogP contribution in [0.5, 0.6) is 0 Å². The van der Waals surface area contributed by atoms with Crippen molar-refractivity contribution in [2.75, 3.05) is 10.5 Å². The molecular weight excluding hydrogens is 331 g/mol. The first kappa shape index (κ1) is 17.6. The van der Waals surface area contributed by atoms with Gasteiger partial charge in [0, 0.05) is 4.90 Å². The van der Waals surface area contributed by atoms with Gasteiger partial charge in [0.1, 0.15) is 0 Å². The van der Waals surface area contributed by atoms with Gasteiger partial charge in [-0.1, -0.05) is 12.1 Å². The van der Waals surface area contributed by atoms with E-state index in [-0.39, 0.29) is 10.6 Å². The Morgan fingerprint density at radius 3 is 2.48 bits per heavy atom. The molecular formula is C11H12F3NO4S2. The number of hydrogen-bond donors (Lipinski definition) is 2. The van der Waals surface area contributed by atoms with Crippen LogP contribution in [-0.2, 0) is 14.8 Å². The van der Waals surface area contributed by atoms with Gasteiger partial charge in [-0.05, 0) is 19.1 Å². The average Bonchev–Trinajstić information content (AvgIpc) is 2.35. The van der Waals surface area contributed by atoms with E-state index in [1.54, 1.807) is 0 Å². The van der Waals surface area contributed by atoms with Crippen LogP contribution in [0.15, 0.2) is 29.2 Å². The fraction of sp³-hybridized carbons (Fsp3) is 0.364. The Morgan fingerprint density at radius 1 is 1.38 bits per heavy atom. The van der Waals surface area contributed by atoms with Gasteiger partial charge >= 0.3 is 12.1 Å². The number of carbonyl (C=O) groups is 1. The molecule has 0 radical (unpaired) electrons. The molecule has 0 heterocycles. The van der Waals surface area contributed by atoms with Crippen molar-refractivity contribution in [3.63, 3.8) is 0 Å². The maximum absolute atomic E-state index is 12.2. The number of sulfonamides is 1. The van der Waals surface area contributed by atoms with Crippen LogP contribution in [0.25, 0.3) is 0 Å². The third-order valence-electron chi connectivity index (χ3n) is 2.34. The Hall–Kier alpha value is -1.42. The second kappa shape index (κ2) is 6.56. The van der Waals surface area contributed by atoms with E-state index in [2.05, 4.69) is 0 Å². The van der Waals surface area contributed by atoms with E-state index in [1.165, 1.54) is 24.3 Å². The molecule has 1 aromatic rings. The summed E-state index contributed by atoms with van der Waals surface area (Å²) in [6, 6.07) is 5.47. The third kappa shape index (κ3) is 5.46. The molecule has 0 saturated carbocycles. The number of hydrogen-bond acceptors (Lipinski definition) is 4. The van der Waals surface area contributed by atoms with Gasteiger partial charge in [-0.25, -0.2) is 8.42 Å². The first-order valence-electron chi connectivity index (χ1n) is 5.56. The van der Waals surface area contributed by atoms with Crippen molar-refractivity contribution < 1.29 is 31.5 Å². The highest BCUT2D eigenvalue weighted by atomic mass is 32.2. The molecule has 21 heavy (non-hydrogen) atoms. The van der Waals surface area contributed by atoms with Crippen molar-refractivity contribution >= 4 is 33.4 Å². The molecule has 1 atom stereocenters. The summed E-state index contributed by atoms with van der Waals surface area (Å²) >= 11 is 0.415. The highest BCUT2D eigenvalue weighted by Crippen LogP contribution is 2.32. The summed E-state index contributed by atoms with van der Waals surface area (Å²) in [7, 11) is -4.23. The van der Waals surface area contributed by atoms with Gasteiger partial charge in [0.25, 0.3) is 0 Å². The van der Waals surface area contributed by atoms with Crippen LogP contribution in [0.4, 0.5) is 18.9 Å². The second-order valence-corrected chi connectivity index (χ2v) is 7.05. The number of anilines is 1. The van der Waals surface area contributed by atoms with Crippen molar-refractivity contribution in [2.45, 2.75) is 23.2 Å². The summed E-state index contributed by atoms with van der Waals surface area (Å²) in [5, 5.41) is 6.98. The quantitative estimate of drug-likeness (QED) is 0.776. The zero-order chi connectivity index (χ0) is 16.3. The summed E-state index contributed by atoms with van der Waals surface area (Å²) in [6.45, 7) is 0.968. The molecule has 0 amide bonds. The van der Waals surface area contributed by atoms with Crippen molar-refractivity contribution in [3.8, 4) is 0 Å². The molecule has 2 N–H and O–H groups in total. The Morgan fingerprint density at radius 2 is 1.95 bits per heavy atom. The molecule has 0 aliphatic carbocycles. The van der Waals surface area contributed by atoms with Gasteiger partial charge in [0.05, 0.1) is 11.4 Å². The maximum atomic E-state index is 12.2. The van der Waals surface area contributed by atoms with Gasteiger partial charge in [-0.3, -0.25) is 9.52 Å². The minimum Gasteiger partial charge on any atom is -0.480 e. The monoisotopic (exact) mass is 343 g/mol. The van der Waals surface area contributed by atoms with Gasteiger partial charge < -0.3 is 5.11 Å². The number of rotatable bonds is 6. The van der Waals surface area contributed by atoms with Crippen molar-refractivity contribution in [2.24, 2.45) is 0 Å². The lowest BCUT2D eigenvalue weighted by molar-refractivity contribution is -0.136. The number of halogens is 3.